The molecule has 0 aromatic carbocycles. The second kappa shape index (κ2) is 8.47. The molecule has 4 nitrogen and oxygen atoms in total. The van der Waals surface area contributed by atoms with Crippen molar-refractivity contribution < 1.29 is 14.2 Å². The number of nitrogens with one attached hydrogen (secondary N) is 1. The van der Waals surface area contributed by atoms with Gasteiger partial charge in [0.25, 0.3) is 0 Å². The minimum absolute atomic E-state index is 0.0143. The maximum absolute atomic E-state index is 6.09. The number of hydrogen-bond donors (Lipinski definition) is 1. The highest BCUT2D eigenvalue weighted by Gasteiger charge is 2.44. The fourth-order valence-electron chi connectivity index (χ4n) is 3.94. The summed E-state index contributed by atoms with van der Waals surface area (Å²) in [5, 5.41) is 3.71. The highest BCUT2D eigenvalue weighted by molar-refractivity contribution is 4.95. The van der Waals surface area contributed by atoms with Crippen molar-refractivity contribution in [3.8, 4) is 0 Å². The first kappa shape index (κ1) is 17.2. The molecule has 0 aromatic rings. The second-order valence-corrected chi connectivity index (χ2v) is 6.45. The summed E-state index contributed by atoms with van der Waals surface area (Å²) in [5.74, 6) is 0.628. The van der Waals surface area contributed by atoms with Crippen LogP contribution in [0.3, 0.4) is 0 Å². The molecule has 1 spiro atoms. The van der Waals surface area contributed by atoms with Gasteiger partial charge in [0.2, 0.25) is 0 Å². The molecule has 2 rings (SSSR count). The van der Waals surface area contributed by atoms with E-state index in [1.807, 2.05) is 0 Å². The quantitative estimate of drug-likeness (QED) is 0.748. The van der Waals surface area contributed by atoms with Crippen LogP contribution in [0.4, 0.5) is 0 Å². The molecule has 2 aliphatic rings. The zero-order valence-electron chi connectivity index (χ0n) is 14.0. The molecule has 4 atom stereocenters. The predicted octanol–water partition coefficient (Wildman–Crippen LogP) is 2.76. The maximum atomic E-state index is 6.09. The number of rotatable bonds is 8. The lowest BCUT2D eigenvalue weighted by Crippen LogP contribution is -2.52. The minimum atomic E-state index is -0.0143. The lowest BCUT2D eigenvalue weighted by atomic mass is 9.78. The Kier molecular flexibility index (Phi) is 6.93. The van der Waals surface area contributed by atoms with E-state index in [-0.39, 0.29) is 5.60 Å². The van der Waals surface area contributed by atoms with E-state index in [4.69, 9.17) is 14.2 Å². The average Bonchev–Trinajstić information content (AvgIpc) is 2.92. The Labute approximate surface area is 129 Å². The summed E-state index contributed by atoms with van der Waals surface area (Å²) in [6, 6.07) is 0.441. The van der Waals surface area contributed by atoms with E-state index in [9.17, 15) is 0 Å². The van der Waals surface area contributed by atoms with E-state index in [2.05, 4.69) is 26.1 Å². The molecule has 0 aliphatic carbocycles. The van der Waals surface area contributed by atoms with Gasteiger partial charge in [-0.2, -0.15) is 0 Å². The van der Waals surface area contributed by atoms with Crippen LogP contribution in [0.5, 0.6) is 0 Å². The second-order valence-electron chi connectivity index (χ2n) is 6.45. The summed E-state index contributed by atoms with van der Waals surface area (Å²) in [5.41, 5.74) is -0.0143. The standard InChI is InChI=1S/C17H33NO3/c1-4-7-15(20-6-3)16(18-5-2)14-8-10-21-17(12-14)9-11-19-13-17/h14-16,18H,4-13H2,1-3H3. The molecule has 2 heterocycles. The number of ether oxygens (including phenoxy) is 3. The van der Waals surface area contributed by atoms with Crippen LogP contribution < -0.4 is 5.32 Å². The maximum Gasteiger partial charge on any atom is 0.0939 e. The smallest absolute Gasteiger partial charge is 0.0939 e. The minimum Gasteiger partial charge on any atom is -0.378 e. The predicted molar refractivity (Wildman–Crippen MR) is 84.6 cm³/mol. The van der Waals surface area contributed by atoms with Gasteiger partial charge in [-0.25, -0.2) is 0 Å². The Morgan fingerprint density at radius 1 is 1.29 bits per heavy atom. The average molecular weight is 299 g/mol. The van der Waals surface area contributed by atoms with Crippen molar-refractivity contribution in [1.29, 1.82) is 0 Å². The third-order valence-electron chi connectivity index (χ3n) is 4.90. The summed E-state index contributed by atoms with van der Waals surface area (Å²) < 4.78 is 17.8. The Balaban J connectivity index is 2.04. The van der Waals surface area contributed by atoms with Gasteiger partial charge in [-0.1, -0.05) is 20.3 Å². The third-order valence-corrected chi connectivity index (χ3v) is 4.90. The molecule has 4 unspecified atom stereocenters. The van der Waals surface area contributed by atoms with Gasteiger partial charge in [-0.15, -0.1) is 0 Å². The van der Waals surface area contributed by atoms with Gasteiger partial charge in [0.1, 0.15) is 0 Å². The van der Waals surface area contributed by atoms with Gasteiger partial charge in [0.05, 0.1) is 18.3 Å². The molecule has 0 bridgehead atoms. The largest absolute Gasteiger partial charge is 0.378 e. The molecule has 124 valence electrons. The van der Waals surface area contributed by atoms with E-state index in [0.717, 1.165) is 58.7 Å². The lowest BCUT2D eigenvalue weighted by Gasteiger charge is -2.42. The highest BCUT2D eigenvalue weighted by atomic mass is 16.6. The SMILES string of the molecule is CCCC(OCC)C(NCC)C1CCOC2(CCOC2)C1. The summed E-state index contributed by atoms with van der Waals surface area (Å²) >= 11 is 0. The molecule has 2 fully saturated rings. The topological polar surface area (TPSA) is 39.7 Å². The van der Waals surface area contributed by atoms with Crippen LogP contribution in [-0.4, -0.2) is 50.7 Å². The van der Waals surface area contributed by atoms with Gasteiger partial charge in [0.15, 0.2) is 0 Å². The van der Waals surface area contributed by atoms with E-state index >= 15 is 0 Å². The first-order valence-corrected chi connectivity index (χ1v) is 8.81. The monoisotopic (exact) mass is 299 g/mol. The van der Waals surface area contributed by atoms with E-state index < -0.39 is 0 Å². The molecule has 4 heteroatoms. The van der Waals surface area contributed by atoms with Crippen molar-refractivity contribution in [1.82, 2.24) is 5.32 Å². The molecule has 1 N–H and O–H groups in total. The van der Waals surface area contributed by atoms with E-state index in [1.54, 1.807) is 0 Å². The van der Waals surface area contributed by atoms with Crippen LogP contribution >= 0.6 is 0 Å². The molecule has 0 amide bonds. The summed E-state index contributed by atoms with van der Waals surface area (Å²) in [7, 11) is 0. The Bertz CT molecular complexity index is 286. The summed E-state index contributed by atoms with van der Waals surface area (Å²) in [6.07, 6.45) is 5.92. The zero-order chi connectivity index (χ0) is 15.1. The Morgan fingerprint density at radius 3 is 2.76 bits per heavy atom. The molecule has 0 radical (unpaired) electrons. The Morgan fingerprint density at radius 2 is 2.14 bits per heavy atom. The van der Waals surface area contributed by atoms with E-state index in [0.29, 0.717) is 18.1 Å². The third kappa shape index (κ3) is 4.41. The molecular formula is C17H33NO3. The van der Waals surface area contributed by atoms with Gasteiger partial charge >= 0.3 is 0 Å². The normalized spacial score (nSPS) is 32.4. The van der Waals surface area contributed by atoms with Gasteiger partial charge in [-0.05, 0) is 38.6 Å². The van der Waals surface area contributed by atoms with E-state index in [1.165, 1.54) is 6.42 Å². The molecule has 0 saturated carbocycles. The molecule has 21 heavy (non-hydrogen) atoms. The van der Waals surface area contributed by atoms with Crippen molar-refractivity contribution in [2.24, 2.45) is 5.92 Å². The fraction of sp³-hybridized carbons (Fsp3) is 1.00. The van der Waals surface area contributed by atoms with Crippen molar-refractivity contribution in [3.05, 3.63) is 0 Å². The first-order chi connectivity index (χ1) is 10.2. The lowest BCUT2D eigenvalue weighted by molar-refractivity contribution is -0.113. The Hall–Kier alpha value is -0.160. The highest BCUT2D eigenvalue weighted by Crippen LogP contribution is 2.38. The molecular weight excluding hydrogens is 266 g/mol. The fourth-order valence-corrected chi connectivity index (χ4v) is 3.94. The first-order valence-electron chi connectivity index (χ1n) is 8.81. The zero-order valence-corrected chi connectivity index (χ0v) is 14.0. The van der Waals surface area contributed by atoms with Crippen LogP contribution in [0.25, 0.3) is 0 Å². The van der Waals surface area contributed by atoms with Gasteiger partial charge in [-0.3, -0.25) is 0 Å². The molecule has 2 saturated heterocycles. The van der Waals surface area contributed by atoms with Crippen molar-refractivity contribution in [2.45, 2.75) is 70.6 Å². The van der Waals surface area contributed by atoms with Crippen LogP contribution in [0.2, 0.25) is 0 Å². The van der Waals surface area contributed by atoms with Crippen LogP contribution in [0, 0.1) is 5.92 Å². The molecule has 2 aliphatic heterocycles. The van der Waals surface area contributed by atoms with Crippen LogP contribution in [0.15, 0.2) is 0 Å². The van der Waals surface area contributed by atoms with Crippen molar-refractivity contribution in [3.63, 3.8) is 0 Å². The van der Waals surface area contributed by atoms with Crippen molar-refractivity contribution >= 4 is 0 Å². The van der Waals surface area contributed by atoms with Crippen LogP contribution in [-0.2, 0) is 14.2 Å². The summed E-state index contributed by atoms with van der Waals surface area (Å²) in [6.45, 7) is 10.8. The molecule has 0 aromatic heterocycles. The summed E-state index contributed by atoms with van der Waals surface area (Å²) in [4.78, 5) is 0. The van der Waals surface area contributed by atoms with Crippen molar-refractivity contribution in [2.75, 3.05) is 33.0 Å². The van der Waals surface area contributed by atoms with Crippen LogP contribution in [0.1, 0.15) is 52.9 Å². The van der Waals surface area contributed by atoms with Gasteiger partial charge in [0, 0.05) is 32.3 Å². The number of likely N-dealkylation sites (N-methyl/N-ethyl adjacent to an activating group) is 1. The van der Waals surface area contributed by atoms with Gasteiger partial charge < -0.3 is 19.5 Å². The number of hydrogen-bond acceptors (Lipinski definition) is 4.